The summed E-state index contributed by atoms with van der Waals surface area (Å²) in [6.07, 6.45) is 6.59. The maximum atomic E-state index is 4.68. The van der Waals surface area contributed by atoms with Crippen LogP contribution in [0.1, 0.15) is 34.5 Å². The van der Waals surface area contributed by atoms with Crippen molar-refractivity contribution < 1.29 is 0 Å². The van der Waals surface area contributed by atoms with Crippen LogP contribution >= 0.6 is 11.3 Å². The number of anilines is 1. The number of thiazole rings is 1. The van der Waals surface area contributed by atoms with Crippen LogP contribution in [0.15, 0.2) is 12.7 Å². The highest BCUT2D eigenvalue weighted by molar-refractivity contribution is 7.11. The molecule has 0 saturated heterocycles. The monoisotopic (exact) mass is 286 g/mol. The Kier molecular flexibility index (Phi) is 2.66. The van der Waals surface area contributed by atoms with Gasteiger partial charge < -0.3 is 10.3 Å². The van der Waals surface area contributed by atoms with Gasteiger partial charge in [0, 0.05) is 4.88 Å². The number of fused-ring (bicyclic) bond motifs is 2. The Morgan fingerprint density at radius 2 is 2.30 bits per heavy atom. The zero-order chi connectivity index (χ0) is 13.5. The molecule has 1 unspecified atom stereocenters. The van der Waals surface area contributed by atoms with Crippen molar-refractivity contribution >= 4 is 28.3 Å². The van der Waals surface area contributed by atoms with Gasteiger partial charge in [-0.05, 0) is 26.2 Å². The molecule has 20 heavy (non-hydrogen) atoms. The Hall–Kier alpha value is -2.02. The number of aryl methyl sites for hydroxylation is 2. The second kappa shape index (κ2) is 4.52. The number of aromatic amines is 1. The van der Waals surface area contributed by atoms with E-state index in [0.29, 0.717) is 5.65 Å². The predicted octanol–water partition coefficient (Wildman–Crippen LogP) is 2.61. The van der Waals surface area contributed by atoms with Crippen LogP contribution in [0, 0.1) is 6.92 Å². The van der Waals surface area contributed by atoms with E-state index in [1.807, 2.05) is 0 Å². The molecule has 4 rings (SSSR count). The molecule has 1 atom stereocenters. The normalized spacial score (nSPS) is 18.1. The fourth-order valence-corrected chi connectivity index (χ4v) is 3.76. The molecule has 1 aliphatic carbocycles. The SMILES string of the molecule is Cc1nc2c(s1)CCCC2Nc1ncnc2nc[nH]c12. The second-order valence-electron chi connectivity index (χ2n) is 4.95. The third kappa shape index (κ3) is 1.85. The highest BCUT2D eigenvalue weighted by Gasteiger charge is 2.24. The van der Waals surface area contributed by atoms with Gasteiger partial charge in [0.15, 0.2) is 11.5 Å². The highest BCUT2D eigenvalue weighted by atomic mass is 32.1. The highest BCUT2D eigenvalue weighted by Crippen LogP contribution is 2.35. The first-order valence-electron chi connectivity index (χ1n) is 6.68. The third-order valence-corrected chi connectivity index (χ3v) is 4.64. The van der Waals surface area contributed by atoms with Crippen LogP contribution in [-0.2, 0) is 6.42 Å². The van der Waals surface area contributed by atoms with Gasteiger partial charge in [-0.3, -0.25) is 0 Å². The topological polar surface area (TPSA) is 79.4 Å². The summed E-state index contributed by atoms with van der Waals surface area (Å²) in [6.45, 7) is 2.07. The van der Waals surface area contributed by atoms with Crippen molar-refractivity contribution in [2.24, 2.45) is 0 Å². The lowest BCUT2D eigenvalue weighted by Gasteiger charge is -2.22. The number of hydrogen-bond acceptors (Lipinski definition) is 6. The lowest BCUT2D eigenvalue weighted by molar-refractivity contribution is 0.592. The molecule has 0 amide bonds. The van der Waals surface area contributed by atoms with Crippen molar-refractivity contribution in [2.75, 3.05) is 5.32 Å². The van der Waals surface area contributed by atoms with Crippen LogP contribution in [0.5, 0.6) is 0 Å². The first-order valence-corrected chi connectivity index (χ1v) is 7.50. The van der Waals surface area contributed by atoms with Crippen molar-refractivity contribution in [3.63, 3.8) is 0 Å². The molecular formula is C13H14N6S. The van der Waals surface area contributed by atoms with Gasteiger partial charge in [0.05, 0.1) is 23.1 Å². The zero-order valence-corrected chi connectivity index (χ0v) is 11.9. The molecule has 0 radical (unpaired) electrons. The summed E-state index contributed by atoms with van der Waals surface area (Å²) in [6, 6.07) is 0.227. The third-order valence-electron chi connectivity index (χ3n) is 3.60. The fraction of sp³-hybridized carbons (Fsp3) is 0.385. The lowest BCUT2D eigenvalue weighted by Crippen LogP contribution is -2.17. The van der Waals surface area contributed by atoms with Gasteiger partial charge in [-0.15, -0.1) is 11.3 Å². The Labute approximate surface area is 119 Å². The lowest BCUT2D eigenvalue weighted by atomic mass is 9.97. The average molecular weight is 286 g/mol. The number of nitrogens with one attached hydrogen (secondary N) is 2. The molecule has 0 saturated carbocycles. The fourth-order valence-electron chi connectivity index (χ4n) is 2.72. The van der Waals surface area contributed by atoms with Crippen LogP contribution in [-0.4, -0.2) is 24.9 Å². The Morgan fingerprint density at radius 3 is 3.25 bits per heavy atom. The molecule has 1 aliphatic rings. The van der Waals surface area contributed by atoms with Gasteiger partial charge in [0.1, 0.15) is 11.8 Å². The molecule has 0 aliphatic heterocycles. The average Bonchev–Trinajstić information content (AvgIpc) is 3.05. The van der Waals surface area contributed by atoms with Gasteiger partial charge in [0.2, 0.25) is 0 Å². The standard InChI is InChI=1S/C13H14N6S/c1-7-18-10-8(3-2-4-9(10)20-7)19-13-11-12(15-5-14-11)16-6-17-13/h5-6,8H,2-4H2,1H3,(H2,14,15,16,17,19). The summed E-state index contributed by atoms with van der Waals surface area (Å²) >= 11 is 1.81. The van der Waals surface area contributed by atoms with Crippen molar-refractivity contribution in [3.8, 4) is 0 Å². The minimum atomic E-state index is 0.227. The molecule has 0 fully saturated rings. The van der Waals surface area contributed by atoms with Crippen molar-refractivity contribution in [1.82, 2.24) is 24.9 Å². The van der Waals surface area contributed by atoms with E-state index in [9.17, 15) is 0 Å². The van der Waals surface area contributed by atoms with E-state index in [1.54, 1.807) is 24.0 Å². The minimum absolute atomic E-state index is 0.227. The molecular weight excluding hydrogens is 272 g/mol. The van der Waals surface area contributed by atoms with E-state index >= 15 is 0 Å². The van der Waals surface area contributed by atoms with E-state index < -0.39 is 0 Å². The Balaban J connectivity index is 1.71. The van der Waals surface area contributed by atoms with Crippen LogP contribution in [0.4, 0.5) is 5.82 Å². The summed E-state index contributed by atoms with van der Waals surface area (Å²) in [5.74, 6) is 0.802. The maximum absolute atomic E-state index is 4.68. The molecule has 2 N–H and O–H groups in total. The smallest absolute Gasteiger partial charge is 0.182 e. The summed E-state index contributed by atoms with van der Waals surface area (Å²) in [7, 11) is 0. The van der Waals surface area contributed by atoms with E-state index in [1.165, 1.54) is 17.0 Å². The van der Waals surface area contributed by atoms with Gasteiger partial charge in [0.25, 0.3) is 0 Å². The number of aromatic nitrogens is 5. The van der Waals surface area contributed by atoms with E-state index in [0.717, 1.165) is 29.2 Å². The van der Waals surface area contributed by atoms with E-state index in [4.69, 9.17) is 0 Å². The van der Waals surface area contributed by atoms with Crippen LogP contribution in [0.2, 0.25) is 0 Å². The molecule has 3 aromatic heterocycles. The quantitative estimate of drug-likeness (QED) is 0.757. The van der Waals surface area contributed by atoms with E-state index in [-0.39, 0.29) is 6.04 Å². The molecule has 3 aromatic rings. The Morgan fingerprint density at radius 1 is 1.35 bits per heavy atom. The molecule has 7 heteroatoms. The van der Waals surface area contributed by atoms with E-state index in [2.05, 4.69) is 37.2 Å². The molecule has 0 spiro atoms. The van der Waals surface area contributed by atoms with Gasteiger partial charge >= 0.3 is 0 Å². The first kappa shape index (κ1) is 11.8. The number of H-pyrrole nitrogens is 1. The maximum Gasteiger partial charge on any atom is 0.182 e. The summed E-state index contributed by atoms with van der Waals surface area (Å²) in [5, 5.41) is 4.64. The number of imidazole rings is 1. The van der Waals surface area contributed by atoms with Gasteiger partial charge in [-0.25, -0.2) is 19.9 Å². The summed E-state index contributed by atoms with van der Waals surface area (Å²) in [4.78, 5) is 21.8. The van der Waals surface area contributed by atoms with Gasteiger partial charge in [-0.1, -0.05) is 0 Å². The number of hydrogen-bond donors (Lipinski definition) is 2. The van der Waals surface area contributed by atoms with Crippen LogP contribution < -0.4 is 5.32 Å². The molecule has 0 bridgehead atoms. The van der Waals surface area contributed by atoms with Crippen LogP contribution in [0.25, 0.3) is 11.2 Å². The van der Waals surface area contributed by atoms with Crippen molar-refractivity contribution in [3.05, 3.63) is 28.2 Å². The second-order valence-corrected chi connectivity index (χ2v) is 6.24. The largest absolute Gasteiger partial charge is 0.360 e. The van der Waals surface area contributed by atoms with Crippen molar-refractivity contribution in [2.45, 2.75) is 32.2 Å². The van der Waals surface area contributed by atoms with Crippen LogP contribution in [0.3, 0.4) is 0 Å². The van der Waals surface area contributed by atoms with Gasteiger partial charge in [-0.2, -0.15) is 0 Å². The molecule has 0 aromatic carbocycles. The molecule has 3 heterocycles. The minimum Gasteiger partial charge on any atom is -0.360 e. The summed E-state index contributed by atoms with van der Waals surface area (Å²) < 4.78 is 0. The molecule has 6 nitrogen and oxygen atoms in total. The molecule has 102 valence electrons. The first-order chi connectivity index (χ1) is 9.81. The van der Waals surface area contributed by atoms with Crippen molar-refractivity contribution in [1.29, 1.82) is 0 Å². The predicted molar refractivity (Wildman–Crippen MR) is 77.8 cm³/mol. The zero-order valence-electron chi connectivity index (χ0n) is 11.1. The Bertz CT molecular complexity index is 761. The number of nitrogens with zero attached hydrogens (tertiary/aromatic N) is 4. The number of rotatable bonds is 2. The summed E-state index contributed by atoms with van der Waals surface area (Å²) in [5.41, 5.74) is 2.73.